The summed E-state index contributed by atoms with van der Waals surface area (Å²) in [4.78, 5) is 26.2. The van der Waals surface area contributed by atoms with E-state index in [0.29, 0.717) is 25.9 Å². The molecule has 1 aromatic rings. The Kier molecular flexibility index (Phi) is 6.16. The molecule has 26 heavy (non-hydrogen) atoms. The number of nitrogens with one attached hydrogen (secondary N) is 1. The van der Waals surface area contributed by atoms with E-state index in [1.54, 1.807) is 17.0 Å². The second-order valence-corrected chi connectivity index (χ2v) is 8.15. The Bertz CT molecular complexity index is 656. The van der Waals surface area contributed by atoms with E-state index in [-0.39, 0.29) is 35.3 Å². The summed E-state index contributed by atoms with van der Waals surface area (Å²) in [5.74, 6) is 0.00334. The number of carbonyl (C=O) groups is 2. The summed E-state index contributed by atoms with van der Waals surface area (Å²) in [7, 11) is 0. The number of likely N-dealkylation sites (tertiary alicyclic amines) is 1. The topological polar surface area (TPSA) is 78.9 Å². The van der Waals surface area contributed by atoms with Crippen molar-refractivity contribution < 1.29 is 19.4 Å². The third-order valence-corrected chi connectivity index (χ3v) is 4.41. The molecule has 144 valence electrons. The molecule has 0 radical (unpaired) electrons. The van der Waals surface area contributed by atoms with Gasteiger partial charge in [0.25, 0.3) is 5.91 Å². The maximum Gasteiger partial charge on any atom is 0.410 e. The SMILES string of the molecule is CC(C)c1ccc(C(=O)NC2CCN(C(=O)OC(C)(C)C)CC2)c(O)c1. The van der Waals surface area contributed by atoms with E-state index in [4.69, 9.17) is 4.74 Å². The van der Waals surface area contributed by atoms with E-state index in [0.717, 1.165) is 5.56 Å². The van der Waals surface area contributed by atoms with Crippen LogP contribution in [-0.2, 0) is 4.74 Å². The zero-order chi connectivity index (χ0) is 19.5. The molecule has 1 saturated heterocycles. The largest absolute Gasteiger partial charge is 0.507 e. The molecule has 2 amide bonds. The van der Waals surface area contributed by atoms with Gasteiger partial charge in [0.2, 0.25) is 0 Å². The Morgan fingerprint density at radius 2 is 1.85 bits per heavy atom. The van der Waals surface area contributed by atoms with Crippen molar-refractivity contribution in [1.29, 1.82) is 0 Å². The predicted molar refractivity (Wildman–Crippen MR) is 100 cm³/mol. The molecule has 1 heterocycles. The smallest absolute Gasteiger partial charge is 0.410 e. The number of benzene rings is 1. The second-order valence-electron chi connectivity index (χ2n) is 8.15. The predicted octanol–water partition coefficient (Wildman–Crippen LogP) is 3.64. The summed E-state index contributed by atoms with van der Waals surface area (Å²) in [6.45, 7) is 10.7. The summed E-state index contributed by atoms with van der Waals surface area (Å²) in [6, 6.07) is 5.15. The summed E-state index contributed by atoms with van der Waals surface area (Å²) < 4.78 is 5.38. The van der Waals surface area contributed by atoms with Crippen molar-refractivity contribution in [3.05, 3.63) is 29.3 Å². The number of ether oxygens (including phenoxy) is 1. The van der Waals surface area contributed by atoms with Crippen molar-refractivity contribution in [2.75, 3.05) is 13.1 Å². The highest BCUT2D eigenvalue weighted by molar-refractivity contribution is 5.97. The molecule has 6 nitrogen and oxygen atoms in total. The maximum atomic E-state index is 12.4. The molecule has 0 spiro atoms. The number of phenolic OH excluding ortho intramolecular Hbond substituents is 1. The molecular weight excluding hydrogens is 332 g/mol. The van der Waals surface area contributed by atoms with Crippen molar-refractivity contribution in [3.8, 4) is 5.75 Å². The maximum absolute atomic E-state index is 12.4. The zero-order valence-electron chi connectivity index (χ0n) is 16.3. The van der Waals surface area contributed by atoms with Crippen LogP contribution in [0.4, 0.5) is 4.79 Å². The molecule has 0 aliphatic carbocycles. The van der Waals surface area contributed by atoms with Crippen molar-refractivity contribution in [1.82, 2.24) is 10.2 Å². The van der Waals surface area contributed by atoms with Gasteiger partial charge in [-0.2, -0.15) is 0 Å². The highest BCUT2D eigenvalue weighted by Crippen LogP contribution is 2.24. The number of nitrogens with zero attached hydrogens (tertiary/aromatic N) is 1. The number of hydrogen-bond donors (Lipinski definition) is 2. The summed E-state index contributed by atoms with van der Waals surface area (Å²) in [6.07, 6.45) is 1.01. The van der Waals surface area contributed by atoms with Crippen LogP contribution in [0.15, 0.2) is 18.2 Å². The molecule has 6 heteroatoms. The van der Waals surface area contributed by atoms with Gasteiger partial charge in [-0.1, -0.05) is 19.9 Å². The molecule has 0 saturated carbocycles. The molecule has 1 aromatic carbocycles. The lowest BCUT2D eigenvalue weighted by molar-refractivity contribution is 0.0199. The molecule has 0 unspecified atom stereocenters. The fourth-order valence-corrected chi connectivity index (χ4v) is 2.90. The fraction of sp³-hybridized carbons (Fsp3) is 0.600. The lowest BCUT2D eigenvalue weighted by Gasteiger charge is -2.33. The van der Waals surface area contributed by atoms with Gasteiger partial charge in [0.05, 0.1) is 5.56 Å². The van der Waals surface area contributed by atoms with Gasteiger partial charge in [0, 0.05) is 19.1 Å². The Balaban J connectivity index is 1.89. The number of carbonyl (C=O) groups excluding carboxylic acids is 2. The third-order valence-electron chi connectivity index (χ3n) is 4.41. The molecule has 2 rings (SSSR count). The Labute approximate surface area is 155 Å². The van der Waals surface area contributed by atoms with Crippen molar-refractivity contribution in [3.63, 3.8) is 0 Å². The van der Waals surface area contributed by atoms with Crippen LogP contribution in [0.3, 0.4) is 0 Å². The minimum atomic E-state index is -0.512. The Hall–Kier alpha value is -2.24. The number of aromatic hydroxyl groups is 1. The van der Waals surface area contributed by atoms with E-state index in [1.165, 1.54) is 0 Å². The normalized spacial score (nSPS) is 15.8. The molecular formula is C20H30N2O4. The first-order valence-electron chi connectivity index (χ1n) is 9.18. The average Bonchev–Trinajstić information content (AvgIpc) is 2.53. The number of rotatable bonds is 3. The van der Waals surface area contributed by atoms with Crippen LogP contribution >= 0.6 is 0 Å². The van der Waals surface area contributed by atoms with Gasteiger partial charge < -0.3 is 20.1 Å². The van der Waals surface area contributed by atoms with Crippen molar-refractivity contribution in [2.45, 2.75) is 65.0 Å². The Morgan fingerprint density at radius 3 is 2.35 bits per heavy atom. The second kappa shape index (κ2) is 7.98. The van der Waals surface area contributed by atoms with Gasteiger partial charge in [0.1, 0.15) is 11.4 Å². The third kappa shape index (κ3) is 5.38. The van der Waals surface area contributed by atoms with E-state index in [9.17, 15) is 14.7 Å². The molecule has 0 bridgehead atoms. The van der Waals surface area contributed by atoms with Crippen molar-refractivity contribution >= 4 is 12.0 Å². The number of amides is 2. The van der Waals surface area contributed by atoms with Crippen LogP contribution in [-0.4, -0.2) is 46.7 Å². The van der Waals surface area contributed by atoms with Crippen LogP contribution in [0, 0.1) is 0 Å². The highest BCUT2D eigenvalue weighted by Gasteiger charge is 2.28. The minimum Gasteiger partial charge on any atom is -0.507 e. The summed E-state index contributed by atoms with van der Waals surface area (Å²) in [5, 5.41) is 13.1. The van der Waals surface area contributed by atoms with Gasteiger partial charge in [-0.15, -0.1) is 0 Å². The van der Waals surface area contributed by atoms with E-state index < -0.39 is 5.60 Å². The first kappa shape index (κ1) is 20.1. The lowest BCUT2D eigenvalue weighted by Crippen LogP contribution is -2.47. The molecule has 1 aliphatic heterocycles. The van der Waals surface area contributed by atoms with Gasteiger partial charge in [0.15, 0.2) is 0 Å². The fourth-order valence-electron chi connectivity index (χ4n) is 2.90. The molecule has 0 atom stereocenters. The summed E-state index contributed by atoms with van der Waals surface area (Å²) >= 11 is 0. The van der Waals surface area contributed by atoms with E-state index >= 15 is 0 Å². The van der Waals surface area contributed by atoms with Crippen LogP contribution < -0.4 is 5.32 Å². The standard InChI is InChI=1S/C20H30N2O4/c1-13(2)14-6-7-16(17(23)12-14)18(24)21-15-8-10-22(11-9-15)19(25)26-20(3,4)5/h6-7,12-13,15,23H,8-11H2,1-5H3,(H,21,24). The van der Waals surface area contributed by atoms with Gasteiger partial charge in [-0.05, 0) is 57.2 Å². The van der Waals surface area contributed by atoms with E-state index in [2.05, 4.69) is 5.32 Å². The number of phenols is 1. The van der Waals surface area contributed by atoms with Crippen LogP contribution in [0.2, 0.25) is 0 Å². The average molecular weight is 362 g/mol. The Morgan fingerprint density at radius 1 is 1.23 bits per heavy atom. The van der Waals surface area contributed by atoms with Gasteiger partial charge >= 0.3 is 6.09 Å². The number of hydrogen-bond acceptors (Lipinski definition) is 4. The molecule has 1 fully saturated rings. The van der Waals surface area contributed by atoms with Crippen LogP contribution in [0.1, 0.15) is 69.3 Å². The highest BCUT2D eigenvalue weighted by atomic mass is 16.6. The molecule has 2 N–H and O–H groups in total. The first-order valence-corrected chi connectivity index (χ1v) is 9.18. The quantitative estimate of drug-likeness (QED) is 0.860. The van der Waals surface area contributed by atoms with E-state index in [1.807, 2.05) is 40.7 Å². The lowest BCUT2D eigenvalue weighted by atomic mass is 10.00. The monoisotopic (exact) mass is 362 g/mol. The van der Waals surface area contributed by atoms with Gasteiger partial charge in [-0.25, -0.2) is 4.79 Å². The molecule has 1 aliphatic rings. The minimum absolute atomic E-state index is 0.000101. The van der Waals surface area contributed by atoms with Gasteiger partial charge in [-0.3, -0.25) is 4.79 Å². The first-order chi connectivity index (χ1) is 12.1. The zero-order valence-corrected chi connectivity index (χ0v) is 16.3. The van der Waals surface area contributed by atoms with Crippen LogP contribution in [0.25, 0.3) is 0 Å². The van der Waals surface area contributed by atoms with Crippen LogP contribution in [0.5, 0.6) is 5.75 Å². The molecule has 0 aromatic heterocycles. The summed E-state index contributed by atoms with van der Waals surface area (Å²) in [5.41, 5.74) is 0.760. The number of piperidine rings is 1. The van der Waals surface area contributed by atoms with Crippen molar-refractivity contribution in [2.24, 2.45) is 0 Å².